The summed E-state index contributed by atoms with van der Waals surface area (Å²) in [4.78, 5) is 22.5. The van der Waals surface area contributed by atoms with Gasteiger partial charge in [-0.2, -0.15) is 0 Å². The van der Waals surface area contributed by atoms with Crippen molar-refractivity contribution in [1.29, 1.82) is 0 Å². The predicted octanol–water partition coefficient (Wildman–Crippen LogP) is 2.31. The molecule has 1 fully saturated rings. The maximum atomic E-state index is 11.7. The minimum atomic E-state index is -0.900. The molecule has 1 aliphatic rings. The Balaban J connectivity index is 1.82. The number of alkyl carbamates (subject to hydrolysis) is 1. The van der Waals surface area contributed by atoms with Crippen molar-refractivity contribution in [3.63, 3.8) is 0 Å². The third-order valence-electron chi connectivity index (χ3n) is 3.38. The zero-order valence-electron chi connectivity index (χ0n) is 10.6. The summed E-state index contributed by atoms with van der Waals surface area (Å²) < 4.78 is 5.10. The van der Waals surface area contributed by atoms with E-state index in [0.717, 1.165) is 12.0 Å². The molecule has 19 heavy (non-hydrogen) atoms. The first-order valence-corrected chi connectivity index (χ1v) is 6.30. The fourth-order valence-electron chi connectivity index (χ4n) is 2.21. The summed E-state index contributed by atoms with van der Waals surface area (Å²) in [7, 11) is 0. The van der Waals surface area contributed by atoms with Crippen LogP contribution in [0.4, 0.5) is 4.79 Å². The highest BCUT2D eigenvalue weighted by atomic mass is 16.5. The van der Waals surface area contributed by atoms with Gasteiger partial charge in [-0.15, -0.1) is 0 Å². The van der Waals surface area contributed by atoms with Gasteiger partial charge in [-0.1, -0.05) is 30.3 Å². The molecule has 1 amide bonds. The van der Waals surface area contributed by atoms with Gasteiger partial charge in [-0.3, -0.25) is 4.79 Å². The molecule has 1 aromatic carbocycles. The molecule has 1 aliphatic carbocycles. The molecule has 0 unspecified atom stereocenters. The average molecular weight is 263 g/mol. The summed E-state index contributed by atoms with van der Waals surface area (Å²) in [5.74, 6) is -0.900. The molecule has 5 heteroatoms. The van der Waals surface area contributed by atoms with Crippen molar-refractivity contribution in [2.45, 2.75) is 37.8 Å². The molecule has 102 valence electrons. The summed E-state index contributed by atoms with van der Waals surface area (Å²) in [5.41, 5.74) is 0.290. The number of benzene rings is 1. The molecule has 0 aliphatic heterocycles. The molecule has 0 bridgehead atoms. The molecule has 2 N–H and O–H groups in total. The Hall–Kier alpha value is -2.04. The lowest BCUT2D eigenvalue weighted by molar-refractivity contribution is -0.139. The molecule has 5 nitrogen and oxygen atoms in total. The van der Waals surface area contributed by atoms with Crippen molar-refractivity contribution in [2.24, 2.45) is 0 Å². The number of aliphatic carboxylic acids is 1. The minimum Gasteiger partial charge on any atom is -0.481 e. The number of rotatable bonds is 5. The molecule has 0 heterocycles. The van der Waals surface area contributed by atoms with E-state index < -0.39 is 17.6 Å². The van der Waals surface area contributed by atoms with Crippen LogP contribution in [0.25, 0.3) is 0 Å². The van der Waals surface area contributed by atoms with E-state index >= 15 is 0 Å². The van der Waals surface area contributed by atoms with Gasteiger partial charge in [0, 0.05) is 0 Å². The van der Waals surface area contributed by atoms with E-state index in [9.17, 15) is 9.59 Å². The van der Waals surface area contributed by atoms with Crippen molar-refractivity contribution in [1.82, 2.24) is 5.32 Å². The van der Waals surface area contributed by atoms with Crippen LogP contribution >= 0.6 is 0 Å². The summed E-state index contributed by atoms with van der Waals surface area (Å²) in [6, 6.07) is 9.36. The van der Waals surface area contributed by atoms with E-state index in [4.69, 9.17) is 9.84 Å². The number of ether oxygens (including phenoxy) is 1. The first kappa shape index (κ1) is 13.4. The molecular formula is C14H17NO4. The van der Waals surface area contributed by atoms with E-state index in [1.807, 2.05) is 30.3 Å². The summed E-state index contributed by atoms with van der Waals surface area (Å²) in [6.07, 6.45) is 1.73. The lowest BCUT2D eigenvalue weighted by Crippen LogP contribution is -2.54. The number of carbonyl (C=O) groups excluding carboxylic acids is 1. The number of carboxylic acids is 1. The van der Waals surface area contributed by atoms with Crippen LogP contribution in [0.15, 0.2) is 30.3 Å². The second-order valence-electron chi connectivity index (χ2n) is 4.89. The molecule has 2 rings (SSSR count). The van der Waals surface area contributed by atoms with Gasteiger partial charge in [-0.25, -0.2) is 4.79 Å². The second-order valence-corrected chi connectivity index (χ2v) is 4.89. The Labute approximate surface area is 111 Å². The highest BCUT2D eigenvalue weighted by Gasteiger charge is 2.40. The quantitative estimate of drug-likeness (QED) is 0.854. The number of amides is 1. The summed E-state index contributed by atoms with van der Waals surface area (Å²) >= 11 is 0. The van der Waals surface area contributed by atoms with E-state index in [0.29, 0.717) is 12.8 Å². The van der Waals surface area contributed by atoms with Crippen LogP contribution in [-0.2, 0) is 16.1 Å². The Morgan fingerprint density at radius 2 is 1.95 bits per heavy atom. The van der Waals surface area contributed by atoms with Crippen LogP contribution in [-0.4, -0.2) is 22.7 Å². The van der Waals surface area contributed by atoms with Gasteiger partial charge in [0.1, 0.15) is 6.61 Å². The van der Waals surface area contributed by atoms with Crippen LogP contribution in [0.2, 0.25) is 0 Å². The minimum absolute atomic E-state index is 0.0482. The zero-order chi connectivity index (χ0) is 13.7. The van der Waals surface area contributed by atoms with Gasteiger partial charge >= 0.3 is 12.1 Å². The Bertz CT molecular complexity index is 454. The van der Waals surface area contributed by atoms with Gasteiger partial charge in [-0.05, 0) is 24.8 Å². The molecule has 1 aromatic rings. The Morgan fingerprint density at radius 1 is 1.26 bits per heavy atom. The molecule has 0 atom stereocenters. The SMILES string of the molecule is O=C(O)CC1(NC(=O)OCc2ccccc2)CCC1. The lowest BCUT2D eigenvalue weighted by Gasteiger charge is -2.40. The maximum absolute atomic E-state index is 11.7. The summed E-state index contributed by atoms with van der Waals surface area (Å²) in [6.45, 7) is 0.190. The number of hydrogen-bond donors (Lipinski definition) is 2. The monoisotopic (exact) mass is 263 g/mol. The van der Waals surface area contributed by atoms with Crippen molar-refractivity contribution in [3.05, 3.63) is 35.9 Å². The second kappa shape index (κ2) is 5.73. The van der Waals surface area contributed by atoms with Crippen molar-refractivity contribution in [2.75, 3.05) is 0 Å². The van der Waals surface area contributed by atoms with Crippen molar-refractivity contribution >= 4 is 12.1 Å². The predicted molar refractivity (Wildman–Crippen MR) is 68.6 cm³/mol. The molecular weight excluding hydrogens is 246 g/mol. The smallest absolute Gasteiger partial charge is 0.407 e. The molecule has 0 saturated heterocycles. The van der Waals surface area contributed by atoms with Crippen LogP contribution in [0, 0.1) is 0 Å². The van der Waals surface area contributed by atoms with Crippen LogP contribution < -0.4 is 5.32 Å². The third-order valence-corrected chi connectivity index (χ3v) is 3.38. The Kier molecular flexibility index (Phi) is 4.04. The van der Waals surface area contributed by atoms with Gasteiger partial charge in [0.05, 0.1) is 12.0 Å². The maximum Gasteiger partial charge on any atom is 0.407 e. The first-order chi connectivity index (χ1) is 9.10. The number of hydrogen-bond acceptors (Lipinski definition) is 3. The van der Waals surface area contributed by atoms with Gasteiger partial charge < -0.3 is 15.2 Å². The van der Waals surface area contributed by atoms with Crippen LogP contribution in [0.3, 0.4) is 0 Å². The van der Waals surface area contributed by atoms with E-state index in [-0.39, 0.29) is 13.0 Å². The number of carbonyl (C=O) groups is 2. The van der Waals surface area contributed by atoms with Gasteiger partial charge in [0.25, 0.3) is 0 Å². The molecule has 0 spiro atoms. The first-order valence-electron chi connectivity index (χ1n) is 6.30. The zero-order valence-corrected chi connectivity index (χ0v) is 10.6. The molecule has 0 aromatic heterocycles. The number of carboxylic acid groups (broad SMARTS) is 1. The van der Waals surface area contributed by atoms with Gasteiger partial charge in [0.2, 0.25) is 0 Å². The normalized spacial score (nSPS) is 16.2. The summed E-state index contributed by atoms with van der Waals surface area (Å²) in [5, 5.41) is 11.5. The molecule has 0 radical (unpaired) electrons. The highest BCUT2D eigenvalue weighted by Crippen LogP contribution is 2.34. The molecule has 1 saturated carbocycles. The lowest BCUT2D eigenvalue weighted by atomic mass is 9.74. The van der Waals surface area contributed by atoms with Crippen LogP contribution in [0.1, 0.15) is 31.2 Å². The van der Waals surface area contributed by atoms with E-state index in [2.05, 4.69) is 5.32 Å². The van der Waals surface area contributed by atoms with Crippen molar-refractivity contribution in [3.8, 4) is 0 Å². The van der Waals surface area contributed by atoms with Gasteiger partial charge in [0.15, 0.2) is 0 Å². The highest BCUT2D eigenvalue weighted by molar-refractivity contribution is 5.73. The fraction of sp³-hybridized carbons (Fsp3) is 0.429. The van der Waals surface area contributed by atoms with E-state index in [1.54, 1.807) is 0 Å². The standard InChI is InChI=1S/C14H17NO4/c16-12(17)9-14(7-4-8-14)15-13(18)19-10-11-5-2-1-3-6-11/h1-3,5-6H,4,7-10H2,(H,15,18)(H,16,17). The largest absolute Gasteiger partial charge is 0.481 e. The third kappa shape index (κ3) is 3.71. The van der Waals surface area contributed by atoms with Crippen molar-refractivity contribution < 1.29 is 19.4 Å². The van der Waals surface area contributed by atoms with Crippen LogP contribution in [0.5, 0.6) is 0 Å². The topological polar surface area (TPSA) is 75.6 Å². The number of nitrogens with one attached hydrogen (secondary N) is 1. The average Bonchev–Trinajstić information content (AvgIpc) is 2.34. The fourth-order valence-corrected chi connectivity index (χ4v) is 2.21. The van der Waals surface area contributed by atoms with E-state index in [1.165, 1.54) is 0 Å². The Morgan fingerprint density at radius 3 is 2.47 bits per heavy atom.